The highest BCUT2D eigenvalue weighted by molar-refractivity contribution is 4.93. The molecule has 0 saturated carbocycles. The fourth-order valence-electron chi connectivity index (χ4n) is 2.89. The Morgan fingerprint density at radius 3 is 3.11 bits per heavy atom. The molecule has 1 N–H and O–H groups in total. The van der Waals surface area contributed by atoms with Crippen LogP contribution in [0.2, 0.25) is 0 Å². The Bertz CT molecular complexity index is 360. The summed E-state index contributed by atoms with van der Waals surface area (Å²) in [5.41, 5.74) is 0.0988. The minimum absolute atomic E-state index is 0.0988. The van der Waals surface area contributed by atoms with E-state index >= 15 is 0 Å². The summed E-state index contributed by atoms with van der Waals surface area (Å²) in [6.07, 6.45) is 7.30. The molecule has 1 unspecified atom stereocenters. The largest absolute Gasteiger partial charge is 0.374 e. The first-order valence-corrected chi connectivity index (χ1v) is 6.80. The SMILES string of the molecule is c1cnn(CCOC2COC3(CCNCC3)C2)c1. The third-order valence-electron chi connectivity index (χ3n) is 3.92. The second-order valence-corrected chi connectivity index (χ2v) is 5.21. The van der Waals surface area contributed by atoms with Crippen molar-refractivity contribution in [2.45, 2.75) is 37.5 Å². The molecule has 1 spiro atoms. The fourth-order valence-corrected chi connectivity index (χ4v) is 2.89. The first-order valence-electron chi connectivity index (χ1n) is 6.80. The molecule has 1 atom stereocenters. The molecule has 0 aliphatic carbocycles. The van der Waals surface area contributed by atoms with Crippen LogP contribution in [-0.2, 0) is 16.0 Å². The Hall–Kier alpha value is -0.910. The zero-order valence-corrected chi connectivity index (χ0v) is 10.7. The Labute approximate surface area is 107 Å². The molecule has 1 aromatic rings. The summed E-state index contributed by atoms with van der Waals surface area (Å²) < 4.78 is 13.8. The second kappa shape index (κ2) is 5.38. The van der Waals surface area contributed by atoms with Gasteiger partial charge in [0.15, 0.2) is 0 Å². The van der Waals surface area contributed by atoms with Crippen LogP contribution in [0.3, 0.4) is 0 Å². The first-order chi connectivity index (χ1) is 8.86. The Kier molecular flexibility index (Phi) is 3.63. The number of nitrogens with one attached hydrogen (secondary N) is 1. The molecule has 18 heavy (non-hydrogen) atoms. The maximum atomic E-state index is 5.99. The molecule has 2 saturated heterocycles. The van der Waals surface area contributed by atoms with Gasteiger partial charge in [-0.2, -0.15) is 5.10 Å². The van der Waals surface area contributed by atoms with Crippen LogP contribution >= 0.6 is 0 Å². The van der Waals surface area contributed by atoms with Crippen LogP contribution in [0, 0.1) is 0 Å². The lowest BCUT2D eigenvalue weighted by molar-refractivity contribution is -0.0236. The van der Waals surface area contributed by atoms with E-state index in [0.29, 0.717) is 6.61 Å². The van der Waals surface area contributed by atoms with E-state index in [0.717, 1.165) is 45.5 Å². The number of hydrogen-bond donors (Lipinski definition) is 1. The van der Waals surface area contributed by atoms with Crippen molar-refractivity contribution in [3.8, 4) is 0 Å². The van der Waals surface area contributed by atoms with Crippen LogP contribution in [0.25, 0.3) is 0 Å². The number of rotatable bonds is 4. The van der Waals surface area contributed by atoms with E-state index in [1.54, 1.807) is 6.20 Å². The highest BCUT2D eigenvalue weighted by Gasteiger charge is 2.41. The lowest BCUT2D eigenvalue weighted by Gasteiger charge is -2.32. The molecule has 0 bridgehead atoms. The average molecular weight is 251 g/mol. The van der Waals surface area contributed by atoms with E-state index in [4.69, 9.17) is 9.47 Å². The number of piperidine rings is 1. The molecule has 1 aromatic heterocycles. The monoisotopic (exact) mass is 251 g/mol. The highest BCUT2D eigenvalue weighted by atomic mass is 16.6. The molecule has 5 heteroatoms. The van der Waals surface area contributed by atoms with Crippen LogP contribution in [0.5, 0.6) is 0 Å². The van der Waals surface area contributed by atoms with Gasteiger partial charge in [0.1, 0.15) is 0 Å². The van der Waals surface area contributed by atoms with Crippen LogP contribution in [0.1, 0.15) is 19.3 Å². The maximum Gasteiger partial charge on any atom is 0.0837 e. The Balaban J connectivity index is 1.42. The molecule has 100 valence electrons. The van der Waals surface area contributed by atoms with E-state index in [-0.39, 0.29) is 11.7 Å². The summed E-state index contributed by atoms with van der Waals surface area (Å²) in [6.45, 7) is 4.42. The molecule has 2 aliphatic rings. The minimum Gasteiger partial charge on any atom is -0.374 e. The minimum atomic E-state index is 0.0988. The standard InChI is InChI=1S/C13H21N3O2/c1-4-15-16(7-1)8-9-17-12-10-13(18-11-12)2-5-14-6-3-13/h1,4,7,12,14H,2-3,5-6,8-11H2. The normalized spacial score (nSPS) is 26.8. The molecule has 5 nitrogen and oxygen atoms in total. The average Bonchev–Trinajstić information content (AvgIpc) is 3.02. The molecule has 0 aromatic carbocycles. The predicted molar refractivity (Wildman–Crippen MR) is 67.4 cm³/mol. The van der Waals surface area contributed by atoms with Crippen LogP contribution in [0.4, 0.5) is 0 Å². The van der Waals surface area contributed by atoms with Crippen LogP contribution in [-0.4, -0.2) is 47.8 Å². The summed E-state index contributed by atoms with van der Waals surface area (Å²) in [5.74, 6) is 0. The molecule has 0 amide bonds. The molecular formula is C13H21N3O2. The van der Waals surface area contributed by atoms with E-state index in [1.807, 2.05) is 16.9 Å². The molecule has 3 heterocycles. The van der Waals surface area contributed by atoms with Crippen molar-refractivity contribution >= 4 is 0 Å². The van der Waals surface area contributed by atoms with Crippen molar-refractivity contribution in [3.63, 3.8) is 0 Å². The van der Waals surface area contributed by atoms with Crippen molar-refractivity contribution in [1.82, 2.24) is 15.1 Å². The molecule has 3 rings (SSSR count). The fraction of sp³-hybridized carbons (Fsp3) is 0.769. The van der Waals surface area contributed by atoms with Crippen LogP contribution in [0.15, 0.2) is 18.5 Å². The van der Waals surface area contributed by atoms with E-state index in [9.17, 15) is 0 Å². The Morgan fingerprint density at radius 2 is 2.33 bits per heavy atom. The maximum absolute atomic E-state index is 5.99. The summed E-state index contributed by atoms with van der Waals surface area (Å²) in [5, 5.41) is 7.54. The van der Waals surface area contributed by atoms with Crippen molar-refractivity contribution in [3.05, 3.63) is 18.5 Å². The van der Waals surface area contributed by atoms with Gasteiger partial charge in [0.2, 0.25) is 0 Å². The smallest absolute Gasteiger partial charge is 0.0837 e. The Morgan fingerprint density at radius 1 is 1.44 bits per heavy atom. The second-order valence-electron chi connectivity index (χ2n) is 5.21. The van der Waals surface area contributed by atoms with E-state index in [1.165, 1.54) is 0 Å². The van der Waals surface area contributed by atoms with Gasteiger partial charge in [-0.3, -0.25) is 4.68 Å². The van der Waals surface area contributed by atoms with Gasteiger partial charge in [-0.05, 0) is 32.0 Å². The lowest BCUT2D eigenvalue weighted by atomic mass is 9.89. The molecule has 2 fully saturated rings. The topological polar surface area (TPSA) is 48.3 Å². The molecule has 2 aliphatic heterocycles. The van der Waals surface area contributed by atoms with Gasteiger partial charge in [0.05, 0.1) is 31.5 Å². The third-order valence-corrected chi connectivity index (χ3v) is 3.92. The lowest BCUT2D eigenvalue weighted by Crippen LogP contribution is -2.41. The van der Waals surface area contributed by atoms with E-state index < -0.39 is 0 Å². The van der Waals surface area contributed by atoms with Crippen molar-refractivity contribution in [2.75, 3.05) is 26.3 Å². The highest BCUT2D eigenvalue weighted by Crippen LogP contribution is 2.35. The first kappa shape index (κ1) is 12.1. The zero-order chi connectivity index (χ0) is 12.3. The number of ether oxygens (including phenoxy) is 2. The van der Waals surface area contributed by atoms with Gasteiger partial charge in [0.25, 0.3) is 0 Å². The number of aromatic nitrogens is 2. The van der Waals surface area contributed by atoms with Gasteiger partial charge < -0.3 is 14.8 Å². The summed E-state index contributed by atoms with van der Waals surface area (Å²) in [4.78, 5) is 0. The quantitative estimate of drug-likeness (QED) is 0.860. The summed E-state index contributed by atoms with van der Waals surface area (Å²) in [7, 11) is 0. The summed E-state index contributed by atoms with van der Waals surface area (Å²) >= 11 is 0. The van der Waals surface area contributed by atoms with Crippen LogP contribution < -0.4 is 5.32 Å². The number of hydrogen-bond acceptors (Lipinski definition) is 4. The zero-order valence-electron chi connectivity index (χ0n) is 10.7. The van der Waals surface area contributed by atoms with Gasteiger partial charge >= 0.3 is 0 Å². The third kappa shape index (κ3) is 2.74. The number of nitrogens with zero attached hydrogens (tertiary/aromatic N) is 2. The van der Waals surface area contributed by atoms with Gasteiger partial charge in [-0.15, -0.1) is 0 Å². The van der Waals surface area contributed by atoms with Gasteiger partial charge in [-0.1, -0.05) is 0 Å². The summed E-state index contributed by atoms with van der Waals surface area (Å²) in [6, 6.07) is 1.93. The van der Waals surface area contributed by atoms with Crippen molar-refractivity contribution < 1.29 is 9.47 Å². The molecular weight excluding hydrogens is 230 g/mol. The predicted octanol–water partition coefficient (Wildman–Crippen LogP) is 0.811. The van der Waals surface area contributed by atoms with E-state index in [2.05, 4.69) is 10.4 Å². The molecule has 0 radical (unpaired) electrons. The van der Waals surface area contributed by atoms with Crippen molar-refractivity contribution in [1.29, 1.82) is 0 Å². The van der Waals surface area contributed by atoms with Crippen molar-refractivity contribution in [2.24, 2.45) is 0 Å². The van der Waals surface area contributed by atoms with Gasteiger partial charge in [-0.25, -0.2) is 0 Å². The van der Waals surface area contributed by atoms with Gasteiger partial charge in [0, 0.05) is 18.8 Å².